The molecule has 0 unspecified atom stereocenters. The number of nitrogens with zero attached hydrogens (tertiary/aromatic N) is 1. The van der Waals surface area contributed by atoms with E-state index < -0.39 is 0 Å². The third-order valence-electron chi connectivity index (χ3n) is 4.08. The average Bonchev–Trinajstić information content (AvgIpc) is 2.56. The van der Waals surface area contributed by atoms with Crippen LogP contribution in [-0.2, 0) is 0 Å². The maximum atomic E-state index is 3.25. The normalized spacial score (nSPS) is 9.78. The highest BCUT2D eigenvalue weighted by Crippen LogP contribution is 2.12. The predicted octanol–water partition coefficient (Wildman–Crippen LogP) is 2.88. The lowest BCUT2D eigenvalue weighted by Gasteiger charge is -2.01. The van der Waals surface area contributed by atoms with Crippen molar-refractivity contribution in [1.82, 2.24) is 0 Å². The van der Waals surface area contributed by atoms with Crippen LogP contribution in [0.3, 0.4) is 0 Å². The van der Waals surface area contributed by atoms with Crippen molar-refractivity contribution in [3.05, 3.63) is 30.6 Å². The molecule has 0 aliphatic heterocycles. The molecular weight excluding hydrogens is 302 g/mol. The number of aromatic nitrogens is 1. The van der Waals surface area contributed by atoms with Crippen LogP contribution in [0.15, 0.2) is 30.6 Å². The second-order valence-corrected chi connectivity index (χ2v) is 6.21. The smallest absolute Gasteiger partial charge is 0.228 e. The topological polar surface area (TPSA) is 3.88 Å². The third-order valence-corrected chi connectivity index (χ3v) is 4.08. The first-order valence-corrected chi connectivity index (χ1v) is 9.38. The minimum atomic E-state index is 0. The zero-order chi connectivity index (χ0) is 15.7. The third kappa shape index (κ3) is 14.3. The van der Waals surface area contributed by atoms with Gasteiger partial charge in [0.1, 0.15) is 0 Å². The molecule has 1 heterocycles. The molecule has 0 saturated heterocycles. The quantitative estimate of drug-likeness (QED) is 0.314. The second-order valence-electron chi connectivity index (χ2n) is 6.21. The minimum absolute atomic E-state index is 0. The first-order chi connectivity index (χ1) is 10.9. The van der Waals surface area contributed by atoms with E-state index in [0.717, 1.165) is 6.42 Å². The van der Waals surface area contributed by atoms with E-state index in [-0.39, 0.29) is 12.4 Å². The average molecular weight is 336 g/mol. The van der Waals surface area contributed by atoms with Gasteiger partial charge in [0.15, 0.2) is 12.4 Å². The summed E-state index contributed by atoms with van der Waals surface area (Å²) < 4.78 is 1.93. The van der Waals surface area contributed by atoms with Gasteiger partial charge in [-0.3, -0.25) is 0 Å². The van der Waals surface area contributed by atoms with Gasteiger partial charge in [0.05, 0.1) is 0 Å². The monoisotopic (exact) mass is 335 g/mol. The van der Waals surface area contributed by atoms with Crippen molar-refractivity contribution in [1.29, 1.82) is 0 Å². The number of pyridine rings is 1. The van der Waals surface area contributed by atoms with Gasteiger partial charge < -0.3 is 12.4 Å². The van der Waals surface area contributed by atoms with E-state index in [0.29, 0.717) is 0 Å². The molecule has 0 saturated carbocycles. The molecule has 130 valence electrons. The van der Waals surface area contributed by atoms with E-state index in [9.17, 15) is 0 Å². The lowest BCUT2D eigenvalue weighted by atomic mass is 10.0. The van der Waals surface area contributed by atoms with E-state index in [1.165, 1.54) is 77.0 Å². The van der Waals surface area contributed by atoms with Crippen molar-refractivity contribution in [2.75, 3.05) is 0 Å². The van der Waals surface area contributed by atoms with E-state index in [4.69, 9.17) is 0 Å². The molecule has 0 radical (unpaired) electrons. The highest BCUT2D eigenvalue weighted by atomic mass is 35.5. The minimum Gasteiger partial charge on any atom is -1.00 e. The van der Waals surface area contributed by atoms with Crippen LogP contribution in [0.5, 0.6) is 0 Å². The molecule has 0 fully saturated rings. The van der Waals surface area contributed by atoms with Gasteiger partial charge in [-0.25, -0.2) is 0 Å². The Bertz CT molecular complexity index is 405. The largest absolute Gasteiger partial charge is 1.00 e. The van der Waals surface area contributed by atoms with Crippen molar-refractivity contribution >= 4 is 0 Å². The second kappa shape index (κ2) is 17.4. The van der Waals surface area contributed by atoms with Crippen LogP contribution in [-0.4, -0.2) is 0 Å². The van der Waals surface area contributed by atoms with E-state index >= 15 is 0 Å². The molecule has 1 rings (SSSR count). The van der Waals surface area contributed by atoms with Crippen LogP contribution >= 0.6 is 0 Å². The lowest BCUT2D eigenvalue weighted by molar-refractivity contribution is -0.583. The van der Waals surface area contributed by atoms with Gasteiger partial charge in [0, 0.05) is 18.6 Å². The van der Waals surface area contributed by atoms with Crippen molar-refractivity contribution in [3.63, 3.8) is 0 Å². The fourth-order valence-corrected chi connectivity index (χ4v) is 2.67. The Kier molecular flexibility index (Phi) is 16.6. The Morgan fingerprint density at radius 1 is 0.652 bits per heavy atom. The summed E-state index contributed by atoms with van der Waals surface area (Å²) in [5, 5.41) is 0. The van der Waals surface area contributed by atoms with Gasteiger partial charge in [-0.2, -0.15) is 0 Å². The highest BCUT2D eigenvalue weighted by molar-refractivity contribution is 4.92. The van der Waals surface area contributed by atoms with E-state index in [1.54, 1.807) is 0 Å². The summed E-state index contributed by atoms with van der Waals surface area (Å²) in [6.07, 6.45) is 21.8. The predicted molar refractivity (Wildman–Crippen MR) is 95.5 cm³/mol. The molecule has 1 aromatic rings. The molecular formula is C21H34ClN. The summed E-state index contributed by atoms with van der Waals surface area (Å²) in [5.74, 6) is 3.25. The number of rotatable bonds is 12. The zero-order valence-corrected chi connectivity index (χ0v) is 15.7. The molecule has 2 heteroatoms. The summed E-state index contributed by atoms with van der Waals surface area (Å²) in [6, 6.07) is 9.19. The first-order valence-electron chi connectivity index (χ1n) is 9.38. The Balaban J connectivity index is 0.00000484. The van der Waals surface area contributed by atoms with Crippen LogP contribution < -0.4 is 17.0 Å². The first kappa shape index (κ1) is 22.0. The molecule has 0 N–H and O–H groups in total. The highest BCUT2D eigenvalue weighted by Gasteiger charge is 1.93. The van der Waals surface area contributed by atoms with E-state index in [1.807, 2.05) is 35.2 Å². The maximum Gasteiger partial charge on any atom is 0.228 e. The van der Waals surface area contributed by atoms with Gasteiger partial charge >= 0.3 is 0 Å². The Morgan fingerprint density at radius 2 is 1.13 bits per heavy atom. The maximum absolute atomic E-state index is 3.25. The Labute approximate surface area is 150 Å². The summed E-state index contributed by atoms with van der Waals surface area (Å²) in [4.78, 5) is 0. The summed E-state index contributed by atoms with van der Waals surface area (Å²) in [6.45, 7) is 2.28. The molecule has 0 aliphatic carbocycles. The van der Waals surface area contributed by atoms with Crippen LogP contribution in [0.25, 0.3) is 0 Å². The van der Waals surface area contributed by atoms with Crippen molar-refractivity contribution in [3.8, 4) is 12.0 Å². The van der Waals surface area contributed by atoms with Crippen molar-refractivity contribution < 1.29 is 17.0 Å². The Hall–Kier alpha value is -1.00. The number of hydrogen-bond donors (Lipinski definition) is 0. The lowest BCUT2D eigenvalue weighted by Crippen LogP contribution is -3.00. The van der Waals surface area contributed by atoms with Crippen molar-refractivity contribution in [2.24, 2.45) is 0 Å². The van der Waals surface area contributed by atoms with Crippen molar-refractivity contribution in [2.45, 2.75) is 90.4 Å². The molecule has 0 spiro atoms. The fraction of sp³-hybridized carbons (Fsp3) is 0.667. The Morgan fingerprint density at radius 3 is 1.65 bits per heavy atom. The number of hydrogen-bond acceptors (Lipinski definition) is 0. The zero-order valence-electron chi connectivity index (χ0n) is 14.9. The van der Waals surface area contributed by atoms with Gasteiger partial charge in [0.25, 0.3) is 0 Å². The fourth-order valence-electron chi connectivity index (χ4n) is 2.67. The number of halogens is 1. The molecule has 23 heavy (non-hydrogen) atoms. The molecule has 1 nitrogen and oxygen atoms in total. The van der Waals surface area contributed by atoms with Crippen LogP contribution in [0.4, 0.5) is 0 Å². The van der Waals surface area contributed by atoms with Crippen LogP contribution in [0.1, 0.15) is 90.4 Å². The SMILES string of the molecule is CCCCCCCCCCCCCCC#C[n+]1ccccc1.[Cl-]. The van der Waals surface area contributed by atoms with Gasteiger partial charge in [-0.1, -0.05) is 83.6 Å². The molecule has 0 aromatic carbocycles. The molecule has 1 aromatic heterocycles. The van der Waals surface area contributed by atoms with Crippen LogP contribution in [0, 0.1) is 12.0 Å². The molecule has 0 atom stereocenters. The van der Waals surface area contributed by atoms with Gasteiger partial charge in [0.2, 0.25) is 6.04 Å². The summed E-state index contributed by atoms with van der Waals surface area (Å²) in [7, 11) is 0. The van der Waals surface area contributed by atoms with E-state index in [2.05, 4.69) is 18.9 Å². The van der Waals surface area contributed by atoms with Gasteiger partial charge in [-0.15, -0.1) is 4.57 Å². The standard InChI is InChI=1S/C21H34N.ClH/c1-2-3-4-5-6-7-8-9-10-11-12-13-14-16-19-22-20-17-15-18-21-22;/h15,17-18,20-21H,2-14H2,1H3;1H/q+1;/p-1. The summed E-state index contributed by atoms with van der Waals surface area (Å²) in [5.41, 5.74) is 0. The molecule has 0 bridgehead atoms. The molecule has 0 aliphatic rings. The summed E-state index contributed by atoms with van der Waals surface area (Å²) >= 11 is 0. The molecule has 0 amide bonds. The van der Waals surface area contributed by atoms with Crippen LogP contribution in [0.2, 0.25) is 0 Å². The van der Waals surface area contributed by atoms with Gasteiger partial charge in [-0.05, 0) is 12.3 Å². The number of unbranched alkanes of at least 4 members (excludes halogenated alkanes) is 12.